The van der Waals surface area contributed by atoms with Crippen LogP contribution in [0.3, 0.4) is 0 Å². The number of rotatable bonds is 4. The van der Waals surface area contributed by atoms with E-state index in [0.29, 0.717) is 11.6 Å². The lowest BCUT2D eigenvalue weighted by Gasteiger charge is -2.36. The number of ketones is 1. The quantitative estimate of drug-likeness (QED) is 0.831. The van der Waals surface area contributed by atoms with Crippen LogP contribution in [0.2, 0.25) is 0 Å². The summed E-state index contributed by atoms with van der Waals surface area (Å²) in [5.41, 5.74) is 7.23. The zero-order valence-electron chi connectivity index (χ0n) is 11.8. The van der Waals surface area contributed by atoms with Crippen molar-refractivity contribution >= 4 is 11.5 Å². The predicted octanol–water partition coefficient (Wildman–Crippen LogP) is 1.36. The molecule has 0 aromatic heterocycles. The average Bonchev–Trinajstić information content (AvgIpc) is 2.46. The first-order valence-electron chi connectivity index (χ1n) is 6.86. The third kappa shape index (κ3) is 3.33. The van der Waals surface area contributed by atoms with Crippen LogP contribution < -0.4 is 10.6 Å². The van der Waals surface area contributed by atoms with Crippen molar-refractivity contribution in [1.82, 2.24) is 4.90 Å². The van der Waals surface area contributed by atoms with Crippen molar-refractivity contribution in [2.75, 3.05) is 38.6 Å². The molecule has 2 N–H and O–H groups in total. The Kier molecular flexibility index (Phi) is 4.56. The van der Waals surface area contributed by atoms with Crippen LogP contribution in [0.1, 0.15) is 23.2 Å². The molecule has 1 aromatic rings. The number of piperidine rings is 1. The maximum absolute atomic E-state index is 11.5. The van der Waals surface area contributed by atoms with Crippen LogP contribution in [-0.4, -0.2) is 50.5 Å². The highest BCUT2D eigenvalue weighted by Gasteiger charge is 2.20. The topological polar surface area (TPSA) is 49.6 Å². The number of nitrogens with two attached hydrogens (primary N) is 1. The molecule has 0 bridgehead atoms. The van der Waals surface area contributed by atoms with Gasteiger partial charge in [0, 0.05) is 24.3 Å². The van der Waals surface area contributed by atoms with Crippen molar-refractivity contribution in [3.8, 4) is 0 Å². The van der Waals surface area contributed by atoms with E-state index in [9.17, 15) is 4.79 Å². The maximum atomic E-state index is 11.5. The van der Waals surface area contributed by atoms with Gasteiger partial charge in [0.05, 0.1) is 6.54 Å². The second kappa shape index (κ2) is 6.17. The molecule has 1 saturated heterocycles. The lowest BCUT2D eigenvalue weighted by molar-refractivity contribution is 0.100. The third-order valence-electron chi connectivity index (χ3n) is 4.02. The highest BCUT2D eigenvalue weighted by molar-refractivity contribution is 5.97. The number of hydrogen-bond donors (Lipinski definition) is 1. The molecule has 19 heavy (non-hydrogen) atoms. The average molecular weight is 261 g/mol. The van der Waals surface area contributed by atoms with Crippen molar-refractivity contribution < 1.29 is 4.79 Å². The van der Waals surface area contributed by atoms with Crippen LogP contribution >= 0.6 is 0 Å². The number of anilines is 1. The Morgan fingerprint density at radius 2 is 1.89 bits per heavy atom. The predicted molar refractivity (Wildman–Crippen MR) is 78.7 cm³/mol. The molecule has 1 heterocycles. The summed E-state index contributed by atoms with van der Waals surface area (Å²) in [5, 5.41) is 0. The van der Waals surface area contributed by atoms with E-state index in [4.69, 9.17) is 5.73 Å². The van der Waals surface area contributed by atoms with Crippen molar-refractivity contribution in [2.45, 2.75) is 18.9 Å². The summed E-state index contributed by atoms with van der Waals surface area (Å²) in [5.74, 6) is -0.00602. The normalized spacial score (nSPS) is 17.4. The van der Waals surface area contributed by atoms with Gasteiger partial charge in [0.25, 0.3) is 0 Å². The van der Waals surface area contributed by atoms with E-state index in [0.717, 1.165) is 13.1 Å². The minimum Gasteiger partial charge on any atom is -0.372 e. The number of Topliss-reactive ketones (excluding diaryl/α,β-unsaturated/α-hetero) is 1. The molecule has 0 atom stereocenters. The van der Waals surface area contributed by atoms with Gasteiger partial charge in [0.15, 0.2) is 5.78 Å². The molecule has 0 amide bonds. The Morgan fingerprint density at radius 3 is 2.42 bits per heavy atom. The largest absolute Gasteiger partial charge is 0.372 e. The Hall–Kier alpha value is -1.39. The summed E-state index contributed by atoms with van der Waals surface area (Å²) in [6.45, 7) is 2.38. The van der Waals surface area contributed by atoms with E-state index in [1.54, 1.807) is 0 Å². The van der Waals surface area contributed by atoms with Crippen LogP contribution in [0.15, 0.2) is 24.3 Å². The first-order chi connectivity index (χ1) is 9.11. The SMILES string of the molecule is CN1CCC(N(C)c2ccc(C(=O)CN)cc2)CC1. The molecular weight excluding hydrogens is 238 g/mol. The van der Waals surface area contributed by atoms with Gasteiger partial charge in [-0.15, -0.1) is 0 Å². The van der Waals surface area contributed by atoms with E-state index in [2.05, 4.69) is 23.9 Å². The smallest absolute Gasteiger partial charge is 0.176 e. The molecule has 1 fully saturated rings. The van der Waals surface area contributed by atoms with Gasteiger partial charge in [0.2, 0.25) is 0 Å². The van der Waals surface area contributed by atoms with Crippen LogP contribution in [0.4, 0.5) is 5.69 Å². The zero-order chi connectivity index (χ0) is 13.8. The Bertz CT molecular complexity index is 422. The molecule has 104 valence electrons. The summed E-state index contributed by atoms with van der Waals surface area (Å²) >= 11 is 0. The van der Waals surface area contributed by atoms with Gasteiger partial charge in [-0.3, -0.25) is 4.79 Å². The molecule has 2 rings (SSSR count). The van der Waals surface area contributed by atoms with Gasteiger partial charge < -0.3 is 15.5 Å². The highest BCUT2D eigenvalue weighted by Crippen LogP contribution is 2.22. The van der Waals surface area contributed by atoms with Crippen molar-refractivity contribution in [3.63, 3.8) is 0 Å². The first-order valence-corrected chi connectivity index (χ1v) is 6.86. The summed E-state index contributed by atoms with van der Waals surface area (Å²) < 4.78 is 0. The van der Waals surface area contributed by atoms with Gasteiger partial charge in [-0.2, -0.15) is 0 Å². The molecule has 0 aliphatic carbocycles. The number of likely N-dealkylation sites (tertiary alicyclic amines) is 1. The van der Waals surface area contributed by atoms with Crippen molar-refractivity contribution in [2.24, 2.45) is 5.73 Å². The van der Waals surface area contributed by atoms with Crippen molar-refractivity contribution in [1.29, 1.82) is 0 Å². The Balaban J connectivity index is 2.03. The highest BCUT2D eigenvalue weighted by atomic mass is 16.1. The van der Waals surface area contributed by atoms with Gasteiger partial charge in [-0.25, -0.2) is 0 Å². The minimum atomic E-state index is -0.00602. The van der Waals surface area contributed by atoms with E-state index >= 15 is 0 Å². The van der Waals surface area contributed by atoms with Gasteiger partial charge in [-0.05, 0) is 57.2 Å². The second-order valence-electron chi connectivity index (χ2n) is 5.32. The summed E-state index contributed by atoms with van der Waals surface area (Å²) in [4.78, 5) is 16.2. The number of carbonyl (C=O) groups is 1. The molecule has 0 unspecified atom stereocenters. The number of nitrogens with zero attached hydrogens (tertiary/aromatic N) is 2. The van der Waals surface area contributed by atoms with Gasteiger partial charge in [0.1, 0.15) is 0 Å². The lowest BCUT2D eigenvalue weighted by atomic mass is 10.0. The fraction of sp³-hybridized carbons (Fsp3) is 0.533. The van der Waals surface area contributed by atoms with E-state index in [-0.39, 0.29) is 12.3 Å². The number of carbonyl (C=O) groups excluding carboxylic acids is 1. The van der Waals surface area contributed by atoms with E-state index < -0.39 is 0 Å². The fourth-order valence-corrected chi connectivity index (χ4v) is 2.59. The molecule has 1 aromatic carbocycles. The van der Waals surface area contributed by atoms with Gasteiger partial charge in [-0.1, -0.05) is 0 Å². The number of benzene rings is 1. The van der Waals surface area contributed by atoms with Crippen molar-refractivity contribution in [3.05, 3.63) is 29.8 Å². The molecule has 4 heteroatoms. The lowest BCUT2D eigenvalue weighted by Crippen LogP contribution is -2.41. The zero-order valence-corrected chi connectivity index (χ0v) is 11.8. The molecule has 4 nitrogen and oxygen atoms in total. The van der Waals surface area contributed by atoms with E-state index in [1.165, 1.54) is 18.5 Å². The molecule has 1 aliphatic rings. The summed E-state index contributed by atoms with van der Waals surface area (Å²) in [6.07, 6.45) is 2.38. The monoisotopic (exact) mass is 261 g/mol. The molecule has 0 spiro atoms. The summed E-state index contributed by atoms with van der Waals surface area (Å²) in [7, 11) is 4.30. The van der Waals surface area contributed by atoms with Crippen LogP contribution in [-0.2, 0) is 0 Å². The van der Waals surface area contributed by atoms with Gasteiger partial charge >= 0.3 is 0 Å². The Morgan fingerprint density at radius 1 is 1.32 bits per heavy atom. The summed E-state index contributed by atoms with van der Waals surface area (Å²) in [6, 6.07) is 8.36. The van der Waals surface area contributed by atoms with Crippen LogP contribution in [0.25, 0.3) is 0 Å². The molecular formula is C15H23N3O. The maximum Gasteiger partial charge on any atom is 0.176 e. The minimum absolute atomic E-state index is 0.00602. The fourth-order valence-electron chi connectivity index (χ4n) is 2.59. The van der Waals surface area contributed by atoms with E-state index in [1.807, 2.05) is 24.3 Å². The molecule has 0 radical (unpaired) electrons. The standard InChI is InChI=1S/C15H23N3O/c1-17-9-7-14(8-10-17)18(2)13-5-3-12(4-6-13)15(19)11-16/h3-6,14H,7-11,16H2,1-2H3. The second-order valence-corrected chi connectivity index (χ2v) is 5.32. The molecule has 1 aliphatic heterocycles. The first kappa shape index (κ1) is 14.0. The Labute approximate surface area is 115 Å². The third-order valence-corrected chi connectivity index (χ3v) is 4.02. The molecule has 0 saturated carbocycles. The van der Waals surface area contributed by atoms with Crippen LogP contribution in [0, 0.1) is 0 Å². The number of hydrogen-bond acceptors (Lipinski definition) is 4. The van der Waals surface area contributed by atoms with Crippen LogP contribution in [0.5, 0.6) is 0 Å².